The van der Waals surface area contributed by atoms with Crippen LogP contribution in [0.2, 0.25) is 0 Å². The third-order valence-corrected chi connectivity index (χ3v) is 4.11. The van der Waals surface area contributed by atoms with E-state index in [9.17, 15) is 4.79 Å². The monoisotopic (exact) mass is 372 g/mol. The molecule has 0 aliphatic rings. The van der Waals surface area contributed by atoms with Crippen LogP contribution in [0.5, 0.6) is 11.5 Å². The molecule has 138 valence electrons. The number of methoxy groups -OCH3 is 2. The van der Waals surface area contributed by atoms with E-state index in [4.69, 9.17) is 21.7 Å². The minimum absolute atomic E-state index is 0.242. The van der Waals surface area contributed by atoms with Gasteiger partial charge in [-0.25, -0.2) is 0 Å². The van der Waals surface area contributed by atoms with Gasteiger partial charge in [-0.3, -0.25) is 10.1 Å². The van der Waals surface area contributed by atoms with Crippen LogP contribution < -0.4 is 20.1 Å². The molecule has 2 rings (SSSR count). The van der Waals surface area contributed by atoms with E-state index in [1.807, 2.05) is 12.1 Å². The van der Waals surface area contributed by atoms with Crippen molar-refractivity contribution in [2.24, 2.45) is 0 Å². The first kappa shape index (κ1) is 19.7. The molecule has 6 heteroatoms. The average Bonchev–Trinajstić information content (AvgIpc) is 2.66. The van der Waals surface area contributed by atoms with Gasteiger partial charge < -0.3 is 14.8 Å². The van der Waals surface area contributed by atoms with Gasteiger partial charge in [-0.2, -0.15) is 0 Å². The molecule has 0 saturated carbocycles. The summed E-state index contributed by atoms with van der Waals surface area (Å²) in [6.07, 6.45) is 3.41. The lowest BCUT2D eigenvalue weighted by molar-refractivity contribution is 0.0977. The number of thiocarbonyl (C=S) groups is 1. The molecular weight excluding hydrogens is 348 g/mol. The number of aryl methyl sites for hydroxylation is 1. The predicted molar refractivity (Wildman–Crippen MR) is 108 cm³/mol. The molecule has 0 aromatic heterocycles. The average molecular weight is 372 g/mol. The fourth-order valence-corrected chi connectivity index (χ4v) is 2.66. The van der Waals surface area contributed by atoms with Gasteiger partial charge in [-0.1, -0.05) is 25.5 Å². The molecule has 1 amide bonds. The summed E-state index contributed by atoms with van der Waals surface area (Å²) in [6.45, 7) is 2.18. The highest BCUT2D eigenvalue weighted by molar-refractivity contribution is 7.80. The van der Waals surface area contributed by atoms with E-state index in [1.165, 1.54) is 25.5 Å². The number of unbranched alkanes of at least 4 members (excludes halogenated alkanes) is 1. The second-order valence-electron chi connectivity index (χ2n) is 5.78. The van der Waals surface area contributed by atoms with Crippen molar-refractivity contribution in [2.45, 2.75) is 26.2 Å². The molecule has 5 nitrogen and oxygen atoms in total. The summed E-state index contributed by atoms with van der Waals surface area (Å²) in [5, 5.41) is 5.93. The van der Waals surface area contributed by atoms with E-state index in [0.29, 0.717) is 17.1 Å². The predicted octanol–water partition coefficient (Wildman–Crippen LogP) is 4.17. The number of hydrogen-bond acceptors (Lipinski definition) is 4. The number of nitrogens with one attached hydrogen (secondary N) is 2. The van der Waals surface area contributed by atoms with Crippen molar-refractivity contribution in [2.75, 3.05) is 19.5 Å². The first-order valence-corrected chi connectivity index (χ1v) is 8.91. The van der Waals surface area contributed by atoms with Crippen LogP contribution >= 0.6 is 12.2 Å². The summed E-state index contributed by atoms with van der Waals surface area (Å²) in [5.74, 6) is 0.734. The lowest BCUT2D eigenvalue weighted by Crippen LogP contribution is -2.34. The fraction of sp³-hybridized carbons (Fsp3) is 0.300. The summed E-state index contributed by atoms with van der Waals surface area (Å²) in [5.41, 5.74) is 2.56. The highest BCUT2D eigenvalue weighted by Gasteiger charge is 2.12. The van der Waals surface area contributed by atoms with Crippen LogP contribution in [0.1, 0.15) is 35.7 Å². The molecule has 0 bridgehead atoms. The Hall–Kier alpha value is -2.60. The number of hydrogen-bond donors (Lipinski definition) is 2. The molecule has 0 fully saturated rings. The van der Waals surface area contributed by atoms with E-state index in [-0.39, 0.29) is 11.0 Å². The summed E-state index contributed by atoms with van der Waals surface area (Å²) >= 11 is 5.23. The Morgan fingerprint density at radius 1 is 1.04 bits per heavy atom. The van der Waals surface area contributed by atoms with E-state index in [1.54, 1.807) is 25.3 Å². The van der Waals surface area contributed by atoms with Crippen LogP contribution in [0, 0.1) is 0 Å². The number of carbonyl (C=O) groups is 1. The molecule has 0 aliphatic carbocycles. The molecule has 0 atom stereocenters. The Morgan fingerprint density at radius 2 is 1.73 bits per heavy atom. The zero-order chi connectivity index (χ0) is 18.9. The maximum Gasteiger partial charge on any atom is 0.257 e. The topological polar surface area (TPSA) is 59.6 Å². The second-order valence-corrected chi connectivity index (χ2v) is 6.19. The minimum Gasteiger partial charge on any atom is -0.493 e. The van der Waals surface area contributed by atoms with E-state index in [2.05, 4.69) is 29.7 Å². The van der Waals surface area contributed by atoms with Crippen molar-refractivity contribution >= 4 is 28.9 Å². The molecule has 26 heavy (non-hydrogen) atoms. The lowest BCUT2D eigenvalue weighted by Gasteiger charge is -2.12. The Balaban J connectivity index is 1.95. The summed E-state index contributed by atoms with van der Waals surface area (Å²) < 4.78 is 10.4. The molecule has 0 radical (unpaired) electrons. The van der Waals surface area contributed by atoms with Crippen molar-refractivity contribution in [1.82, 2.24) is 5.32 Å². The van der Waals surface area contributed by atoms with Gasteiger partial charge in [-0.05, 0) is 61.0 Å². The molecule has 2 aromatic carbocycles. The van der Waals surface area contributed by atoms with Crippen LogP contribution in [-0.2, 0) is 6.42 Å². The number of benzene rings is 2. The van der Waals surface area contributed by atoms with Gasteiger partial charge in [-0.15, -0.1) is 0 Å². The first-order chi connectivity index (χ1) is 12.6. The van der Waals surface area contributed by atoms with Gasteiger partial charge in [0.25, 0.3) is 5.91 Å². The van der Waals surface area contributed by atoms with Crippen LogP contribution in [0.4, 0.5) is 5.69 Å². The third-order valence-electron chi connectivity index (χ3n) is 3.90. The molecule has 2 N–H and O–H groups in total. The van der Waals surface area contributed by atoms with Crippen LogP contribution in [0.25, 0.3) is 0 Å². The second kappa shape index (κ2) is 9.77. The van der Waals surface area contributed by atoms with Crippen molar-refractivity contribution in [3.63, 3.8) is 0 Å². The summed E-state index contributed by atoms with van der Waals surface area (Å²) in [7, 11) is 3.07. The van der Waals surface area contributed by atoms with Crippen molar-refractivity contribution < 1.29 is 14.3 Å². The van der Waals surface area contributed by atoms with E-state index in [0.717, 1.165) is 12.1 Å². The Morgan fingerprint density at radius 3 is 2.35 bits per heavy atom. The minimum atomic E-state index is -0.317. The van der Waals surface area contributed by atoms with Gasteiger partial charge in [0, 0.05) is 11.3 Å². The standard InChI is InChI=1S/C20H24N2O3S/c1-4-5-6-14-7-10-16(11-8-14)21-20(26)22-19(23)15-9-12-17(24-2)18(13-15)25-3/h7-13H,4-6H2,1-3H3,(H2,21,22,23,26). The number of amides is 1. The smallest absolute Gasteiger partial charge is 0.257 e. The molecule has 0 aliphatic heterocycles. The SMILES string of the molecule is CCCCc1ccc(NC(=S)NC(=O)c2ccc(OC)c(OC)c2)cc1. The van der Waals surface area contributed by atoms with Crippen LogP contribution in [0.3, 0.4) is 0 Å². The van der Waals surface area contributed by atoms with Gasteiger partial charge in [0.2, 0.25) is 0 Å². The Kier molecular flexibility index (Phi) is 7.41. The number of ether oxygens (including phenoxy) is 2. The third kappa shape index (κ3) is 5.46. The normalized spacial score (nSPS) is 10.1. The van der Waals surface area contributed by atoms with Gasteiger partial charge in [0.15, 0.2) is 16.6 Å². The lowest BCUT2D eigenvalue weighted by atomic mass is 10.1. The van der Waals surface area contributed by atoms with Crippen molar-refractivity contribution in [3.8, 4) is 11.5 Å². The largest absolute Gasteiger partial charge is 0.493 e. The van der Waals surface area contributed by atoms with Crippen LogP contribution in [0.15, 0.2) is 42.5 Å². The highest BCUT2D eigenvalue weighted by Crippen LogP contribution is 2.27. The maximum atomic E-state index is 12.4. The van der Waals surface area contributed by atoms with Gasteiger partial charge in [0.05, 0.1) is 14.2 Å². The molecule has 0 heterocycles. The fourth-order valence-electron chi connectivity index (χ4n) is 2.45. The first-order valence-electron chi connectivity index (χ1n) is 8.50. The zero-order valence-electron chi connectivity index (χ0n) is 15.3. The molecule has 0 saturated heterocycles. The molecule has 0 unspecified atom stereocenters. The Bertz CT molecular complexity index is 760. The zero-order valence-corrected chi connectivity index (χ0v) is 16.1. The highest BCUT2D eigenvalue weighted by atomic mass is 32.1. The molecule has 2 aromatic rings. The number of anilines is 1. The maximum absolute atomic E-state index is 12.4. The molecule has 0 spiro atoms. The number of carbonyl (C=O) groups excluding carboxylic acids is 1. The summed E-state index contributed by atoms with van der Waals surface area (Å²) in [6, 6.07) is 13.0. The van der Waals surface area contributed by atoms with Gasteiger partial charge in [0.1, 0.15) is 0 Å². The number of rotatable bonds is 7. The quantitative estimate of drug-likeness (QED) is 0.714. The summed E-state index contributed by atoms with van der Waals surface area (Å²) in [4.78, 5) is 12.4. The van der Waals surface area contributed by atoms with Gasteiger partial charge >= 0.3 is 0 Å². The van der Waals surface area contributed by atoms with Crippen molar-refractivity contribution in [1.29, 1.82) is 0 Å². The Labute approximate surface area is 159 Å². The molecular formula is C20H24N2O3S. The van der Waals surface area contributed by atoms with E-state index >= 15 is 0 Å². The van der Waals surface area contributed by atoms with Crippen molar-refractivity contribution in [3.05, 3.63) is 53.6 Å². The van der Waals surface area contributed by atoms with E-state index < -0.39 is 0 Å². The van der Waals surface area contributed by atoms with Crippen LogP contribution in [-0.4, -0.2) is 25.2 Å².